The summed E-state index contributed by atoms with van der Waals surface area (Å²) in [6, 6.07) is 12.8. The van der Waals surface area contributed by atoms with Crippen LogP contribution in [0.4, 0.5) is 13.2 Å². The molecular formula is C24H19F3N4O5. The van der Waals surface area contributed by atoms with Gasteiger partial charge in [0.1, 0.15) is 17.0 Å². The van der Waals surface area contributed by atoms with Crippen LogP contribution in [0.1, 0.15) is 11.4 Å². The molecule has 0 atom stereocenters. The number of aromatic nitrogens is 4. The van der Waals surface area contributed by atoms with Crippen molar-refractivity contribution in [3.8, 4) is 28.3 Å². The molecule has 9 nitrogen and oxygen atoms in total. The number of fused-ring (bicyclic) bond motifs is 2. The first-order valence-electron chi connectivity index (χ1n) is 10.8. The maximum atomic E-state index is 14.0. The maximum absolute atomic E-state index is 14.0. The summed E-state index contributed by atoms with van der Waals surface area (Å²) in [6.07, 6.45) is -4.84. The summed E-state index contributed by atoms with van der Waals surface area (Å²) >= 11 is 0. The van der Waals surface area contributed by atoms with Crippen LogP contribution in [0.15, 0.2) is 57.7 Å². The molecule has 0 spiro atoms. The van der Waals surface area contributed by atoms with Crippen LogP contribution in [0.5, 0.6) is 5.75 Å². The minimum atomic E-state index is -4.84. The molecular weight excluding hydrogens is 481 g/mol. The Hall–Kier alpha value is -4.16. The topological polar surface area (TPSA) is 115 Å². The molecule has 0 aliphatic rings. The number of aromatic amines is 1. The number of oxazole rings is 1. The van der Waals surface area contributed by atoms with E-state index in [-0.39, 0.29) is 53.7 Å². The van der Waals surface area contributed by atoms with Crippen LogP contribution >= 0.6 is 0 Å². The van der Waals surface area contributed by atoms with E-state index in [1.54, 1.807) is 36.4 Å². The lowest BCUT2D eigenvalue weighted by Crippen LogP contribution is -2.21. The molecule has 12 heteroatoms. The van der Waals surface area contributed by atoms with Crippen LogP contribution in [-0.4, -0.2) is 45.0 Å². The highest BCUT2D eigenvalue weighted by Crippen LogP contribution is 2.39. The second kappa shape index (κ2) is 9.13. The molecule has 0 aliphatic carbocycles. The molecule has 2 N–H and O–H groups in total. The Kier molecular flexibility index (Phi) is 5.98. The van der Waals surface area contributed by atoms with Crippen LogP contribution in [0.2, 0.25) is 0 Å². The van der Waals surface area contributed by atoms with E-state index in [9.17, 15) is 18.0 Å². The average molecular weight is 500 g/mol. The van der Waals surface area contributed by atoms with E-state index in [0.717, 1.165) is 0 Å². The van der Waals surface area contributed by atoms with Gasteiger partial charge in [0.05, 0.1) is 38.2 Å². The van der Waals surface area contributed by atoms with Crippen molar-refractivity contribution in [2.45, 2.75) is 12.8 Å². The first-order valence-corrected chi connectivity index (χ1v) is 10.8. The average Bonchev–Trinajstić information content (AvgIpc) is 3.46. The van der Waals surface area contributed by atoms with Crippen molar-refractivity contribution in [3.05, 3.63) is 70.3 Å². The Balaban J connectivity index is 1.83. The van der Waals surface area contributed by atoms with Crippen molar-refractivity contribution in [2.75, 3.05) is 20.3 Å². The highest BCUT2D eigenvalue weighted by molar-refractivity contribution is 5.84. The molecule has 5 rings (SSSR count). The van der Waals surface area contributed by atoms with E-state index in [1.807, 2.05) is 0 Å². The van der Waals surface area contributed by atoms with Crippen LogP contribution in [-0.2, 0) is 17.5 Å². The predicted octanol–water partition coefficient (Wildman–Crippen LogP) is 4.03. The van der Waals surface area contributed by atoms with Gasteiger partial charge in [-0.1, -0.05) is 36.4 Å². The molecule has 0 amide bonds. The van der Waals surface area contributed by atoms with E-state index in [2.05, 4.69) is 15.1 Å². The van der Waals surface area contributed by atoms with E-state index < -0.39 is 17.4 Å². The summed E-state index contributed by atoms with van der Waals surface area (Å²) in [4.78, 5) is 20.9. The largest absolute Gasteiger partial charge is 0.494 e. The van der Waals surface area contributed by atoms with Gasteiger partial charge in [-0.05, 0) is 17.7 Å². The second-order valence-corrected chi connectivity index (χ2v) is 7.73. The Morgan fingerprint density at radius 1 is 1.11 bits per heavy atom. The number of rotatable bonds is 7. The predicted molar refractivity (Wildman–Crippen MR) is 123 cm³/mol. The fourth-order valence-corrected chi connectivity index (χ4v) is 3.96. The number of alkyl halides is 3. The number of methoxy groups -OCH3 is 1. The van der Waals surface area contributed by atoms with Gasteiger partial charge in [0.2, 0.25) is 5.89 Å². The summed E-state index contributed by atoms with van der Waals surface area (Å²) in [5, 5.41) is 12.8. The number of hydrogen-bond donors (Lipinski definition) is 2. The lowest BCUT2D eigenvalue weighted by atomic mass is 10.1. The second-order valence-electron chi connectivity index (χ2n) is 7.73. The molecule has 0 fully saturated rings. The number of para-hydroxylation sites is 1. The normalized spacial score (nSPS) is 12.0. The molecule has 5 aromatic rings. The molecule has 186 valence electrons. The van der Waals surface area contributed by atoms with Crippen LogP contribution in [0.25, 0.3) is 39.3 Å². The summed E-state index contributed by atoms with van der Waals surface area (Å²) in [7, 11) is 1.45. The van der Waals surface area contributed by atoms with Gasteiger partial charge in [-0.3, -0.25) is 4.79 Å². The lowest BCUT2D eigenvalue weighted by molar-refractivity contribution is -0.140. The third-order valence-electron chi connectivity index (χ3n) is 5.49. The third-order valence-corrected chi connectivity index (χ3v) is 5.49. The maximum Gasteiger partial charge on any atom is 0.435 e. The molecule has 0 saturated heterocycles. The molecule has 36 heavy (non-hydrogen) atoms. The number of H-pyrrole nitrogens is 1. The van der Waals surface area contributed by atoms with Gasteiger partial charge in [0.15, 0.2) is 16.8 Å². The number of nitrogens with zero attached hydrogens (tertiary/aromatic N) is 3. The standard InChI is InChI=1S/C24H19F3N4O5/c1-34-15-8-5-9-16-19(15)29-22(36-16)18-14(12-35-11-10-32)28-21-17(13-6-3-2-4-7-13)20(24(25,26)27)30-31(21)23(18)33/h2-9,28,32H,10-12H2,1H3. The fourth-order valence-electron chi connectivity index (χ4n) is 3.96. The molecule has 3 heterocycles. The van der Waals surface area contributed by atoms with E-state index in [4.69, 9.17) is 19.0 Å². The van der Waals surface area contributed by atoms with Gasteiger partial charge in [0, 0.05) is 0 Å². The highest BCUT2D eigenvalue weighted by Gasteiger charge is 2.39. The summed E-state index contributed by atoms with van der Waals surface area (Å²) < 4.78 is 59.2. The summed E-state index contributed by atoms with van der Waals surface area (Å²) in [5.74, 6) is 0.244. The molecule has 3 aromatic heterocycles. The number of ether oxygens (including phenoxy) is 2. The zero-order valence-corrected chi connectivity index (χ0v) is 18.8. The van der Waals surface area contributed by atoms with Crippen molar-refractivity contribution in [3.63, 3.8) is 0 Å². The van der Waals surface area contributed by atoms with Crippen LogP contribution in [0.3, 0.4) is 0 Å². The molecule has 0 aliphatic heterocycles. The molecule has 0 bridgehead atoms. The van der Waals surface area contributed by atoms with Crippen molar-refractivity contribution >= 4 is 16.7 Å². The monoisotopic (exact) mass is 500 g/mol. The van der Waals surface area contributed by atoms with Crippen LogP contribution in [0, 0.1) is 0 Å². The fraction of sp³-hybridized carbons (Fsp3) is 0.208. The number of aliphatic hydroxyl groups is 1. The van der Waals surface area contributed by atoms with Gasteiger partial charge in [-0.2, -0.15) is 22.8 Å². The zero-order chi connectivity index (χ0) is 25.4. The van der Waals surface area contributed by atoms with Crippen molar-refractivity contribution < 1.29 is 32.2 Å². The number of benzene rings is 2. The smallest absolute Gasteiger partial charge is 0.435 e. The summed E-state index contributed by atoms with van der Waals surface area (Å²) in [5.41, 5.74) is -1.74. The van der Waals surface area contributed by atoms with Crippen molar-refractivity contribution in [2.24, 2.45) is 0 Å². The minimum absolute atomic E-state index is 0.0629. The van der Waals surface area contributed by atoms with Crippen LogP contribution < -0.4 is 10.3 Å². The molecule has 2 aromatic carbocycles. The SMILES string of the molecule is COc1cccc2oc(-c3c(COCCO)[nH]c4c(-c5ccccc5)c(C(F)(F)F)nn4c3=O)nc12. The molecule has 0 unspecified atom stereocenters. The molecule has 0 saturated carbocycles. The molecule has 0 radical (unpaired) electrons. The van der Waals surface area contributed by atoms with E-state index in [1.165, 1.54) is 19.2 Å². The van der Waals surface area contributed by atoms with Gasteiger partial charge in [-0.15, -0.1) is 0 Å². The van der Waals surface area contributed by atoms with Gasteiger partial charge in [0.25, 0.3) is 5.56 Å². The first-order chi connectivity index (χ1) is 17.3. The Morgan fingerprint density at radius 3 is 2.58 bits per heavy atom. The Bertz CT molecular complexity index is 1610. The highest BCUT2D eigenvalue weighted by atomic mass is 19.4. The van der Waals surface area contributed by atoms with Gasteiger partial charge in [-0.25, -0.2) is 4.98 Å². The van der Waals surface area contributed by atoms with E-state index in [0.29, 0.717) is 21.4 Å². The lowest BCUT2D eigenvalue weighted by Gasteiger charge is -2.10. The number of aliphatic hydroxyl groups excluding tert-OH is 1. The van der Waals surface area contributed by atoms with Gasteiger partial charge >= 0.3 is 6.18 Å². The van der Waals surface area contributed by atoms with Crippen molar-refractivity contribution in [1.82, 2.24) is 19.6 Å². The van der Waals surface area contributed by atoms with Crippen molar-refractivity contribution in [1.29, 1.82) is 0 Å². The number of hydrogen-bond acceptors (Lipinski definition) is 7. The Morgan fingerprint density at radius 2 is 1.89 bits per heavy atom. The Labute approximate surface area is 200 Å². The zero-order valence-electron chi connectivity index (χ0n) is 18.8. The van der Waals surface area contributed by atoms with E-state index >= 15 is 0 Å². The number of halogens is 3. The summed E-state index contributed by atoms with van der Waals surface area (Å²) in [6.45, 7) is -0.590. The van der Waals surface area contributed by atoms with Gasteiger partial charge < -0.3 is 24.0 Å². The minimum Gasteiger partial charge on any atom is -0.494 e. The number of nitrogens with one attached hydrogen (secondary N) is 1. The first kappa shape index (κ1) is 23.6. The quantitative estimate of drug-likeness (QED) is 0.324. The third kappa shape index (κ3) is 3.99.